The van der Waals surface area contributed by atoms with Gasteiger partial charge >= 0.3 is 0 Å². The van der Waals surface area contributed by atoms with Crippen LogP contribution in [0.2, 0.25) is 0 Å². The highest BCUT2D eigenvalue weighted by atomic mass is 16.5. The Kier molecular flexibility index (Phi) is 6.79. The van der Waals surface area contributed by atoms with Crippen molar-refractivity contribution in [3.8, 4) is 5.75 Å². The molecule has 0 heterocycles. The van der Waals surface area contributed by atoms with Gasteiger partial charge in [0.15, 0.2) is 0 Å². The van der Waals surface area contributed by atoms with Crippen molar-refractivity contribution in [2.75, 3.05) is 0 Å². The molecular weight excluding hydrogens is 352 g/mol. The van der Waals surface area contributed by atoms with E-state index in [1.54, 1.807) is 0 Å². The van der Waals surface area contributed by atoms with Gasteiger partial charge in [0.1, 0.15) is 12.4 Å². The Labute approximate surface area is 176 Å². The molecule has 0 saturated carbocycles. The summed E-state index contributed by atoms with van der Waals surface area (Å²) < 4.78 is 5.95. The molecule has 0 fully saturated rings. The molecule has 0 aliphatic rings. The van der Waals surface area contributed by atoms with Crippen LogP contribution in [0.15, 0.2) is 78.9 Å². The number of hydrogen-bond acceptors (Lipinski definition) is 1. The summed E-state index contributed by atoms with van der Waals surface area (Å²) in [5, 5.41) is 0. The lowest BCUT2D eigenvalue weighted by Crippen LogP contribution is -2.19. The maximum Gasteiger partial charge on any atom is 0.119 e. The molecule has 0 radical (unpaired) electrons. The first-order chi connectivity index (χ1) is 13.8. The molecule has 0 aliphatic carbocycles. The summed E-state index contributed by atoms with van der Waals surface area (Å²) in [7, 11) is 0. The van der Waals surface area contributed by atoms with Gasteiger partial charge in [0, 0.05) is 0 Å². The predicted molar refractivity (Wildman–Crippen MR) is 124 cm³/mol. The normalized spacial score (nSPS) is 12.8. The van der Waals surface area contributed by atoms with Crippen molar-refractivity contribution in [3.63, 3.8) is 0 Å². The minimum atomic E-state index is 0.152. The van der Waals surface area contributed by atoms with E-state index in [2.05, 4.69) is 95.3 Å². The van der Waals surface area contributed by atoms with Crippen LogP contribution in [-0.2, 0) is 18.4 Å². The van der Waals surface area contributed by atoms with E-state index in [4.69, 9.17) is 4.74 Å². The Hall–Kier alpha value is -2.54. The number of ether oxygens (including phenoxy) is 1. The van der Waals surface area contributed by atoms with Crippen molar-refractivity contribution in [1.29, 1.82) is 0 Å². The Bertz CT molecular complexity index is 886. The summed E-state index contributed by atoms with van der Waals surface area (Å²) in [5.41, 5.74) is 5.65. The second kappa shape index (κ2) is 9.31. The number of rotatable bonds is 7. The highest BCUT2D eigenvalue weighted by Gasteiger charge is 2.24. The first-order valence-electron chi connectivity index (χ1n) is 10.7. The average molecular weight is 387 g/mol. The first-order valence-corrected chi connectivity index (χ1v) is 10.7. The van der Waals surface area contributed by atoms with Crippen molar-refractivity contribution in [1.82, 2.24) is 0 Å². The zero-order valence-corrected chi connectivity index (χ0v) is 18.5. The van der Waals surface area contributed by atoms with E-state index in [1.165, 1.54) is 22.3 Å². The van der Waals surface area contributed by atoms with E-state index >= 15 is 0 Å². The molecule has 0 aliphatic heterocycles. The third kappa shape index (κ3) is 5.73. The van der Waals surface area contributed by atoms with Crippen LogP contribution in [0.25, 0.3) is 0 Å². The fourth-order valence-corrected chi connectivity index (χ4v) is 3.92. The second-order valence-corrected chi connectivity index (χ2v) is 9.31. The molecule has 29 heavy (non-hydrogen) atoms. The summed E-state index contributed by atoms with van der Waals surface area (Å²) in [6, 6.07) is 27.9. The van der Waals surface area contributed by atoms with Crippen LogP contribution in [0, 0.1) is 5.92 Å². The van der Waals surface area contributed by atoms with Crippen molar-refractivity contribution in [2.24, 2.45) is 5.92 Å². The molecule has 1 nitrogen and oxygen atoms in total. The molecule has 3 rings (SSSR count). The van der Waals surface area contributed by atoms with Crippen LogP contribution < -0.4 is 4.74 Å². The molecule has 1 atom stereocenters. The van der Waals surface area contributed by atoms with Crippen LogP contribution in [0.5, 0.6) is 5.75 Å². The third-order valence-corrected chi connectivity index (χ3v) is 5.60. The van der Waals surface area contributed by atoms with E-state index in [0.717, 1.165) is 12.2 Å². The lowest BCUT2D eigenvalue weighted by atomic mass is 9.75. The molecule has 1 heteroatoms. The minimum absolute atomic E-state index is 0.152. The Morgan fingerprint density at radius 2 is 1.34 bits per heavy atom. The lowest BCUT2D eigenvalue weighted by molar-refractivity contribution is 0.306. The fourth-order valence-electron chi connectivity index (χ4n) is 3.92. The van der Waals surface area contributed by atoms with Gasteiger partial charge in [0.2, 0.25) is 0 Å². The summed E-state index contributed by atoms with van der Waals surface area (Å²) in [6.45, 7) is 12.2. The number of hydrogen-bond donors (Lipinski definition) is 0. The van der Waals surface area contributed by atoms with Gasteiger partial charge in [0.25, 0.3) is 0 Å². The van der Waals surface area contributed by atoms with E-state index in [-0.39, 0.29) is 5.41 Å². The summed E-state index contributed by atoms with van der Waals surface area (Å²) in [4.78, 5) is 0. The largest absolute Gasteiger partial charge is 0.489 e. The molecule has 0 aromatic heterocycles. The molecule has 3 aromatic carbocycles. The van der Waals surface area contributed by atoms with Crippen molar-refractivity contribution in [3.05, 3.63) is 101 Å². The zero-order chi connectivity index (χ0) is 20.9. The van der Waals surface area contributed by atoms with Crippen molar-refractivity contribution >= 4 is 0 Å². The highest BCUT2D eigenvalue weighted by Crippen LogP contribution is 2.36. The molecule has 152 valence electrons. The molecule has 0 saturated heterocycles. The molecule has 3 aromatic rings. The molecular formula is C28H34O. The molecule has 0 spiro atoms. The van der Waals surface area contributed by atoms with Gasteiger partial charge in [-0.1, -0.05) is 101 Å². The maximum atomic E-state index is 5.95. The van der Waals surface area contributed by atoms with Crippen LogP contribution in [0.1, 0.15) is 62.8 Å². The van der Waals surface area contributed by atoms with Crippen molar-refractivity contribution in [2.45, 2.75) is 59.0 Å². The molecule has 0 amide bonds. The van der Waals surface area contributed by atoms with Crippen LogP contribution in [0.3, 0.4) is 0 Å². The summed E-state index contributed by atoms with van der Waals surface area (Å²) in [5.74, 6) is 2.00. The first kappa shape index (κ1) is 21.2. The van der Waals surface area contributed by atoms with Gasteiger partial charge in [-0.2, -0.15) is 0 Å². The van der Waals surface area contributed by atoms with Gasteiger partial charge in [-0.05, 0) is 58.1 Å². The molecule has 0 N–H and O–H groups in total. The topological polar surface area (TPSA) is 9.23 Å². The lowest BCUT2D eigenvalue weighted by Gasteiger charge is -2.30. The summed E-state index contributed by atoms with van der Waals surface area (Å²) in [6.07, 6.45) is 1.05. The minimum Gasteiger partial charge on any atom is -0.489 e. The Balaban J connectivity index is 1.73. The van der Waals surface area contributed by atoms with E-state index < -0.39 is 0 Å². The maximum absolute atomic E-state index is 5.95. The monoisotopic (exact) mass is 386 g/mol. The molecule has 1 unspecified atom stereocenters. The quantitative estimate of drug-likeness (QED) is 0.407. The number of benzene rings is 3. The Morgan fingerprint density at radius 1 is 0.724 bits per heavy atom. The second-order valence-electron chi connectivity index (χ2n) is 9.31. The van der Waals surface area contributed by atoms with Crippen LogP contribution in [-0.4, -0.2) is 0 Å². The van der Waals surface area contributed by atoms with Gasteiger partial charge in [-0.3, -0.25) is 0 Å². The summed E-state index contributed by atoms with van der Waals surface area (Å²) >= 11 is 0. The van der Waals surface area contributed by atoms with E-state index in [1.807, 2.05) is 18.2 Å². The standard InChI is InChI=1S/C28H34O/c1-21(2)26(25-13-9-10-14-27(25)28(3,4)5)19-22-15-17-24(18-16-22)29-20-23-11-7-6-8-12-23/h6-18,21,26H,19-20H2,1-5H3. The van der Waals surface area contributed by atoms with E-state index in [0.29, 0.717) is 18.4 Å². The highest BCUT2D eigenvalue weighted by molar-refractivity contribution is 5.37. The Morgan fingerprint density at radius 3 is 1.97 bits per heavy atom. The predicted octanol–water partition coefficient (Wildman–Crippen LogP) is 7.55. The SMILES string of the molecule is CC(C)C(Cc1ccc(OCc2ccccc2)cc1)c1ccccc1C(C)(C)C. The van der Waals surface area contributed by atoms with Gasteiger partial charge in [-0.15, -0.1) is 0 Å². The smallest absolute Gasteiger partial charge is 0.119 e. The van der Waals surface area contributed by atoms with Gasteiger partial charge in [-0.25, -0.2) is 0 Å². The van der Waals surface area contributed by atoms with Gasteiger partial charge < -0.3 is 4.74 Å². The molecule has 0 bridgehead atoms. The average Bonchev–Trinajstić information content (AvgIpc) is 2.71. The van der Waals surface area contributed by atoms with Gasteiger partial charge in [0.05, 0.1) is 0 Å². The van der Waals surface area contributed by atoms with Crippen molar-refractivity contribution < 1.29 is 4.74 Å². The third-order valence-electron chi connectivity index (χ3n) is 5.60. The van der Waals surface area contributed by atoms with Crippen LogP contribution in [0.4, 0.5) is 0 Å². The van der Waals surface area contributed by atoms with E-state index in [9.17, 15) is 0 Å². The van der Waals surface area contributed by atoms with Crippen LogP contribution >= 0.6 is 0 Å². The zero-order valence-electron chi connectivity index (χ0n) is 18.5. The fraction of sp³-hybridized carbons (Fsp3) is 0.357.